The highest BCUT2D eigenvalue weighted by molar-refractivity contribution is 5.94. The molecule has 28 heavy (non-hydrogen) atoms. The number of rotatable bonds is 4. The van der Waals surface area contributed by atoms with Gasteiger partial charge in [-0.3, -0.25) is 4.79 Å². The van der Waals surface area contributed by atoms with Gasteiger partial charge >= 0.3 is 0 Å². The number of hydrogen-bond acceptors (Lipinski definition) is 3. The van der Waals surface area contributed by atoms with Crippen molar-refractivity contribution in [2.45, 2.75) is 26.5 Å². The highest BCUT2D eigenvalue weighted by Gasteiger charge is 2.16. The number of hydrogen-bond donors (Lipinski definition) is 1. The molecule has 1 aromatic heterocycles. The Hall–Kier alpha value is -3.24. The van der Waals surface area contributed by atoms with Crippen LogP contribution >= 0.6 is 0 Å². The van der Waals surface area contributed by atoms with E-state index in [2.05, 4.69) is 23.3 Å². The quantitative estimate of drug-likeness (QED) is 0.579. The van der Waals surface area contributed by atoms with Gasteiger partial charge in [0.15, 0.2) is 0 Å². The molecular formula is C24H22N2O2. The van der Waals surface area contributed by atoms with Crippen LogP contribution in [0.4, 0.5) is 0 Å². The second-order valence-electron chi connectivity index (χ2n) is 7.13. The van der Waals surface area contributed by atoms with Crippen LogP contribution in [0, 0.1) is 13.8 Å². The largest absolute Gasteiger partial charge is 0.386 e. The first-order chi connectivity index (χ1) is 13.5. The Labute approximate surface area is 163 Å². The average Bonchev–Trinajstić information content (AvgIpc) is 2.72. The Morgan fingerprint density at radius 1 is 0.929 bits per heavy atom. The van der Waals surface area contributed by atoms with Crippen LogP contribution in [0.2, 0.25) is 0 Å². The highest BCUT2D eigenvalue weighted by atomic mass is 16.3. The first kappa shape index (κ1) is 18.1. The summed E-state index contributed by atoms with van der Waals surface area (Å²) in [5, 5.41) is 16.7. The molecule has 4 heteroatoms. The van der Waals surface area contributed by atoms with Crippen molar-refractivity contribution in [1.82, 2.24) is 9.78 Å². The van der Waals surface area contributed by atoms with Crippen molar-refractivity contribution in [1.29, 1.82) is 0 Å². The molecule has 4 nitrogen and oxygen atoms in total. The maximum atomic E-state index is 13.0. The molecule has 0 aliphatic rings. The average molecular weight is 370 g/mol. The highest BCUT2D eigenvalue weighted by Crippen LogP contribution is 2.28. The van der Waals surface area contributed by atoms with Gasteiger partial charge in [0.25, 0.3) is 5.56 Å². The molecule has 3 aromatic carbocycles. The minimum atomic E-state index is -0.806. The first-order valence-electron chi connectivity index (χ1n) is 9.35. The van der Waals surface area contributed by atoms with E-state index in [1.807, 2.05) is 68.4 Å². The number of aromatic nitrogens is 2. The van der Waals surface area contributed by atoms with E-state index >= 15 is 0 Å². The van der Waals surface area contributed by atoms with Crippen LogP contribution in [0.5, 0.6) is 0 Å². The SMILES string of the molecule is Cc1ccc(C)c(-c2nn(C[C@@H](O)c3ccccc3)c(=O)c3ccccc23)c1. The molecular weight excluding hydrogens is 348 g/mol. The van der Waals surface area contributed by atoms with Crippen LogP contribution in [-0.2, 0) is 6.54 Å². The molecule has 0 radical (unpaired) electrons. The van der Waals surface area contributed by atoms with Gasteiger partial charge < -0.3 is 5.11 Å². The molecule has 0 aliphatic carbocycles. The van der Waals surface area contributed by atoms with Crippen LogP contribution in [0.1, 0.15) is 22.8 Å². The van der Waals surface area contributed by atoms with E-state index in [0.717, 1.165) is 33.3 Å². The molecule has 4 aromatic rings. The molecule has 1 heterocycles. The number of benzene rings is 3. The summed E-state index contributed by atoms with van der Waals surface area (Å²) in [6, 6.07) is 23.1. The summed E-state index contributed by atoms with van der Waals surface area (Å²) < 4.78 is 1.39. The fourth-order valence-corrected chi connectivity index (χ4v) is 3.49. The molecule has 0 unspecified atom stereocenters. The van der Waals surface area contributed by atoms with E-state index in [1.54, 1.807) is 0 Å². The van der Waals surface area contributed by atoms with Crippen molar-refractivity contribution in [2.75, 3.05) is 0 Å². The van der Waals surface area contributed by atoms with E-state index in [0.29, 0.717) is 5.39 Å². The molecule has 0 saturated heterocycles. The van der Waals surface area contributed by atoms with Crippen molar-refractivity contribution < 1.29 is 5.11 Å². The Kier molecular flexibility index (Phi) is 4.80. The molecule has 0 bridgehead atoms. The van der Waals surface area contributed by atoms with Gasteiger partial charge in [-0.2, -0.15) is 5.10 Å². The maximum Gasteiger partial charge on any atom is 0.274 e. The second kappa shape index (κ2) is 7.41. The van der Waals surface area contributed by atoms with Crippen molar-refractivity contribution in [3.05, 3.63) is 99.8 Å². The standard InChI is InChI=1S/C24H22N2O2/c1-16-12-13-17(2)21(14-16)23-19-10-6-7-11-20(19)24(28)26(25-23)15-22(27)18-8-4-3-5-9-18/h3-14,22,27H,15H2,1-2H3/t22-/m1/s1. The molecule has 0 fully saturated rings. The summed E-state index contributed by atoms with van der Waals surface area (Å²) >= 11 is 0. The number of aryl methyl sites for hydroxylation is 2. The zero-order valence-electron chi connectivity index (χ0n) is 16.0. The van der Waals surface area contributed by atoms with E-state index in [1.165, 1.54) is 4.68 Å². The lowest BCUT2D eigenvalue weighted by Crippen LogP contribution is -2.26. The Balaban J connectivity index is 1.90. The first-order valence-corrected chi connectivity index (χ1v) is 9.35. The molecule has 0 aliphatic heterocycles. The molecule has 0 saturated carbocycles. The zero-order chi connectivity index (χ0) is 19.7. The summed E-state index contributed by atoms with van der Waals surface area (Å²) in [4.78, 5) is 13.0. The lowest BCUT2D eigenvalue weighted by Gasteiger charge is -2.16. The van der Waals surface area contributed by atoms with Crippen molar-refractivity contribution in [2.24, 2.45) is 0 Å². The Morgan fingerprint density at radius 2 is 1.61 bits per heavy atom. The topological polar surface area (TPSA) is 55.1 Å². The van der Waals surface area contributed by atoms with Gasteiger partial charge in [-0.15, -0.1) is 0 Å². The molecule has 0 spiro atoms. The molecule has 4 rings (SSSR count). The Morgan fingerprint density at radius 3 is 2.36 bits per heavy atom. The zero-order valence-corrected chi connectivity index (χ0v) is 16.0. The summed E-state index contributed by atoms with van der Waals surface area (Å²) in [5.74, 6) is 0. The fraction of sp³-hybridized carbons (Fsp3) is 0.167. The van der Waals surface area contributed by atoms with Gasteiger partial charge in [-0.25, -0.2) is 4.68 Å². The van der Waals surface area contributed by atoms with Gasteiger partial charge in [0, 0.05) is 10.9 Å². The second-order valence-corrected chi connectivity index (χ2v) is 7.13. The van der Waals surface area contributed by atoms with Crippen LogP contribution in [0.3, 0.4) is 0 Å². The smallest absolute Gasteiger partial charge is 0.274 e. The normalized spacial score (nSPS) is 12.2. The van der Waals surface area contributed by atoms with Crippen LogP contribution < -0.4 is 5.56 Å². The van der Waals surface area contributed by atoms with Gasteiger partial charge in [0.05, 0.1) is 23.7 Å². The minimum Gasteiger partial charge on any atom is -0.386 e. The minimum absolute atomic E-state index is 0.103. The molecule has 0 amide bonds. The van der Waals surface area contributed by atoms with E-state index < -0.39 is 6.10 Å². The summed E-state index contributed by atoms with van der Waals surface area (Å²) in [6.07, 6.45) is -0.806. The number of fused-ring (bicyclic) bond motifs is 1. The predicted molar refractivity (Wildman–Crippen MR) is 112 cm³/mol. The van der Waals surface area contributed by atoms with Crippen molar-refractivity contribution in [3.8, 4) is 11.3 Å². The lowest BCUT2D eigenvalue weighted by molar-refractivity contribution is 0.150. The van der Waals surface area contributed by atoms with E-state index in [-0.39, 0.29) is 12.1 Å². The van der Waals surface area contributed by atoms with Gasteiger partial charge in [0.1, 0.15) is 0 Å². The number of nitrogens with zero attached hydrogens (tertiary/aromatic N) is 2. The maximum absolute atomic E-state index is 13.0. The molecule has 1 atom stereocenters. The van der Waals surface area contributed by atoms with Crippen LogP contribution in [0.25, 0.3) is 22.0 Å². The van der Waals surface area contributed by atoms with Crippen LogP contribution in [0.15, 0.2) is 77.6 Å². The lowest BCUT2D eigenvalue weighted by atomic mass is 9.99. The van der Waals surface area contributed by atoms with E-state index in [4.69, 9.17) is 0 Å². The monoisotopic (exact) mass is 370 g/mol. The van der Waals surface area contributed by atoms with Crippen molar-refractivity contribution >= 4 is 10.8 Å². The fourth-order valence-electron chi connectivity index (χ4n) is 3.49. The number of aliphatic hydroxyl groups is 1. The summed E-state index contributed by atoms with van der Waals surface area (Å²) in [5.41, 5.74) is 4.55. The van der Waals surface area contributed by atoms with Crippen LogP contribution in [-0.4, -0.2) is 14.9 Å². The van der Waals surface area contributed by atoms with Crippen molar-refractivity contribution in [3.63, 3.8) is 0 Å². The third kappa shape index (κ3) is 3.35. The third-order valence-electron chi connectivity index (χ3n) is 5.05. The Bertz CT molecular complexity index is 1200. The summed E-state index contributed by atoms with van der Waals surface area (Å²) in [6.45, 7) is 4.19. The van der Waals surface area contributed by atoms with Gasteiger partial charge in [-0.1, -0.05) is 66.2 Å². The van der Waals surface area contributed by atoms with E-state index in [9.17, 15) is 9.90 Å². The van der Waals surface area contributed by atoms with Gasteiger partial charge in [-0.05, 0) is 37.1 Å². The summed E-state index contributed by atoms with van der Waals surface area (Å²) in [7, 11) is 0. The predicted octanol–water partition coefficient (Wildman–Crippen LogP) is 4.41. The molecule has 140 valence electrons. The molecule has 1 N–H and O–H groups in total. The van der Waals surface area contributed by atoms with Gasteiger partial charge in [0.2, 0.25) is 0 Å². The third-order valence-corrected chi connectivity index (χ3v) is 5.05. The number of aliphatic hydroxyl groups excluding tert-OH is 1.